The van der Waals surface area contributed by atoms with E-state index < -0.39 is 18.2 Å². The molecule has 0 spiro atoms. The number of carbonyl (C=O) groups is 1. The maximum Gasteiger partial charge on any atom is 0.414 e. The number of rotatable bonds is 17. The fourth-order valence-electron chi connectivity index (χ4n) is 4.38. The van der Waals surface area contributed by atoms with E-state index in [0.29, 0.717) is 29.9 Å². The molecule has 1 atom stereocenters. The Hall–Kier alpha value is -3.32. The van der Waals surface area contributed by atoms with Crippen LogP contribution in [0.4, 0.5) is 13.2 Å². The Morgan fingerprint density at radius 3 is 1.83 bits per heavy atom. The molecule has 0 saturated heterocycles. The molecule has 1 unspecified atom stereocenters. The van der Waals surface area contributed by atoms with E-state index in [0.717, 1.165) is 42.6 Å². The minimum Gasteiger partial charge on any atom is -0.494 e. The molecule has 0 N–H and O–H groups in total. The Morgan fingerprint density at radius 1 is 0.707 bits per heavy atom. The van der Waals surface area contributed by atoms with Crippen LogP contribution in [0, 0.1) is 0 Å². The van der Waals surface area contributed by atoms with Gasteiger partial charge in [-0.3, -0.25) is 0 Å². The number of carbonyl (C=O) groups excluding carboxylic acids is 1. The van der Waals surface area contributed by atoms with Gasteiger partial charge in [0, 0.05) is 0 Å². The Balaban J connectivity index is 1.48. The lowest BCUT2D eigenvalue weighted by Gasteiger charge is -2.21. The maximum atomic E-state index is 13.3. The number of hydrogen-bond donors (Lipinski definition) is 0. The highest BCUT2D eigenvalue weighted by Gasteiger charge is 2.40. The molecule has 0 fully saturated rings. The summed E-state index contributed by atoms with van der Waals surface area (Å²) in [5.74, 6) is 0.694. The Bertz CT molecular complexity index is 1160. The zero-order chi connectivity index (χ0) is 29.5. The molecular formula is C34H41F3O4. The smallest absolute Gasteiger partial charge is 0.414 e. The molecule has 3 aromatic carbocycles. The molecule has 0 radical (unpaired) electrons. The normalized spacial score (nSPS) is 12.2. The van der Waals surface area contributed by atoms with Crippen LogP contribution in [0.25, 0.3) is 11.1 Å². The van der Waals surface area contributed by atoms with Gasteiger partial charge in [-0.25, -0.2) is 4.79 Å². The largest absolute Gasteiger partial charge is 0.494 e. The summed E-state index contributed by atoms with van der Waals surface area (Å²) in [6.07, 6.45) is 1.51. The molecule has 41 heavy (non-hydrogen) atoms. The highest BCUT2D eigenvalue weighted by molar-refractivity contribution is 5.91. The van der Waals surface area contributed by atoms with Gasteiger partial charge in [-0.15, -0.1) is 0 Å². The molecule has 0 aromatic heterocycles. The van der Waals surface area contributed by atoms with Gasteiger partial charge in [0.05, 0.1) is 18.8 Å². The summed E-state index contributed by atoms with van der Waals surface area (Å²) in [6, 6.07) is 21.4. The van der Waals surface area contributed by atoms with Gasteiger partial charge in [-0.2, -0.15) is 13.2 Å². The SMILES string of the molecule is CCCCCCOc1ccc(-c2ccc(OC(=O)c3ccc(COC(CCCCCC)C(F)(F)F)cc3)cc2)cc1. The van der Waals surface area contributed by atoms with E-state index in [1.807, 2.05) is 43.3 Å². The Labute approximate surface area is 241 Å². The van der Waals surface area contributed by atoms with E-state index in [2.05, 4.69) is 6.92 Å². The minimum absolute atomic E-state index is 0.0500. The van der Waals surface area contributed by atoms with Gasteiger partial charge in [0.15, 0.2) is 6.10 Å². The van der Waals surface area contributed by atoms with E-state index >= 15 is 0 Å². The van der Waals surface area contributed by atoms with Crippen molar-refractivity contribution in [3.63, 3.8) is 0 Å². The van der Waals surface area contributed by atoms with Crippen molar-refractivity contribution in [2.24, 2.45) is 0 Å². The maximum absolute atomic E-state index is 13.3. The monoisotopic (exact) mass is 570 g/mol. The van der Waals surface area contributed by atoms with Crippen molar-refractivity contribution in [2.75, 3.05) is 6.61 Å². The van der Waals surface area contributed by atoms with Crippen LogP contribution < -0.4 is 9.47 Å². The molecule has 0 aliphatic heterocycles. The van der Waals surface area contributed by atoms with Crippen molar-refractivity contribution in [3.05, 3.63) is 83.9 Å². The predicted octanol–water partition coefficient (Wildman–Crippen LogP) is 9.95. The number of alkyl halides is 3. The molecule has 0 aliphatic carbocycles. The van der Waals surface area contributed by atoms with Gasteiger partial charge in [-0.05, 0) is 65.9 Å². The summed E-state index contributed by atoms with van der Waals surface area (Å²) < 4.78 is 56.5. The molecule has 3 rings (SSSR count). The van der Waals surface area contributed by atoms with Crippen LogP contribution in [0.5, 0.6) is 11.5 Å². The second kappa shape index (κ2) is 16.8. The average molecular weight is 571 g/mol. The van der Waals surface area contributed by atoms with E-state index in [1.54, 1.807) is 24.3 Å². The first-order valence-electron chi connectivity index (χ1n) is 14.6. The van der Waals surface area contributed by atoms with Gasteiger partial charge in [0.1, 0.15) is 11.5 Å². The van der Waals surface area contributed by atoms with Crippen molar-refractivity contribution < 1.29 is 32.2 Å². The quantitative estimate of drug-likeness (QED) is 0.0920. The third-order valence-electron chi connectivity index (χ3n) is 6.84. The molecule has 0 saturated carbocycles. The second-order valence-electron chi connectivity index (χ2n) is 10.2. The van der Waals surface area contributed by atoms with Crippen LogP contribution in [0.3, 0.4) is 0 Å². The van der Waals surface area contributed by atoms with Crippen LogP contribution in [0.1, 0.15) is 87.6 Å². The number of benzene rings is 3. The molecule has 4 nitrogen and oxygen atoms in total. The van der Waals surface area contributed by atoms with Crippen molar-refractivity contribution in [1.82, 2.24) is 0 Å². The zero-order valence-corrected chi connectivity index (χ0v) is 24.1. The first-order valence-corrected chi connectivity index (χ1v) is 14.6. The first kappa shape index (κ1) is 32.2. The van der Waals surface area contributed by atoms with E-state index in [4.69, 9.17) is 14.2 Å². The van der Waals surface area contributed by atoms with Crippen LogP contribution >= 0.6 is 0 Å². The number of esters is 1. The fourth-order valence-corrected chi connectivity index (χ4v) is 4.38. The van der Waals surface area contributed by atoms with Crippen molar-refractivity contribution in [3.8, 4) is 22.6 Å². The van der Waals surface area contributed by atoms with E-state index in [9.17, 15) is 18.0 Å². The lowest BCUT2D eigenvalue weighted by molar-refractivity contribution is -0.225. The minimum atomic E-state index is -4.41. The van der Waals surface area contributed by atoms with E-state index in [1.165, 1.54) is 31.4 Å². The number of ether oxygens (including phenoxy) is 3. The highest BCUT2D eigenvalue weighted by atomic mass is 19.4. The lowest BCUT2D eigenvalue weighted by atomic mass is 10.1. The van der Waals surface area contributed by atoms with Crippen LogP contribution in [0.2, 0.25) is 0 Å². The van der Waals surface area contributed by atoms with Crippen LogP contribution in [-0.4, -0.2) is 24.9 Å². The lowest BCUT2D eigenvalue weighted by Crippen LogP contribution is -2.31. The van der Waals surface area contributed by atoms with Crippen LogP contribution in [-0.2, 0) is 11.3 Å². The summed E-state index contributed by atoms with van der Waals surface area (Å²) in [6.45, 7) is 4.74. The topological polar surface area (TPSA) is 44.8 Å². The summed E-state index contributed by atoms with van der Waals surface area (Å²) in [5, 5.41) is 0. The third-order valence-corrected chi connectivity index (χ3v) is 6.84. The Kier molecular flexibility index (Phi) is 13.2. The van der Waals surface area contributed by atoms with Gasteiger partial charge in [0.2, 0.25) is 0 Å². The molecule has 0 bridgehead atoms. The van der Waals surface area contributed by atoms with Crippen molar-refractivity contribution in [1.29, 1.82) is 0 Å². The zero-order valence-electron chi connectivity index (χ0n) is 24.1. The molecule has 7 heteroatoms. The standard InChI is InChI=1S/C34H41F3O4/c1-3-5-7-9-11-32(34(35,36)37)40-25-26-12-14-29(15-13-26)33(38)41-31-22-18-28(19-23-31)27-16-20-30(21-17-27)39-24-10-8-6-4-2/h12-23,32H,3-11,24-25H2,1-2H3. The molecule has 0 heterocycles. The first-order chi connectivity index (χ1) is 19.8. The third kappa shape index (κ3) is 11.2. The summed E-state index contributed by atoms with van der Waals surface area (Å²) >= 11 is 0. The van der Waals surface area contributed by atoms with Crippen molar-refractivity contribution in [2.45, 2.75) is 90.5 Å². The number of halogens is 3. The summed E-state index contributed by atoms with van der Waals surface area (Å²) in [5.41, 5.74) is 2.86. The van der Waals surface area contributed by atoms with E-state index in [-0.39, 0.29) is 13.0 Å². The molecular weight excluding hydrogens is 529 g/mol. The molecule has 0 aliphatic rings. The second-order valence-corrected chi connectivity index (χ2v) is 10.2. The molecule has 3 aromatic rings. The molecule has 222 valence electrons. The average Bonchev–Trinajstić information content (AvgIpc) is 2.97. The number of unbranched alkanes of at least 4 members (excludes halogenated alkanes) is 6. The fraction of sp³-hybridized carbons (Fsp3) is 0.441. The van der Waals surface area contributed by atoms with Gasteiger partial charge in [0.25, 0.3) is 0 Å². The van der Waals surface area contributed by atoms with Gasteiger partial charge in [-0.1, -0.05) is 95.2 Å². The van der Waals surface area contributed by atoms with Crippen LogP contribution in [0.15, 0.2) is 72.8 Å². The predicted molar refractivity (Wildman–Crippen MR) is 156 cm³/mol. The highest BCUT2D eigenvalue weighted by Crippen LogP contribution is 2.28. The number of hydrogen-bond acceptors (Lipinski definition) is 4. The van der Waals surface area contributed by atoms with Crippen molar-refractivity contribution >= 4 is 5.97 Å². The Morgan fingerprint density at radius 2 is 1.27 bits per heavy atom. The summed E-state index contributed by atoms with van der Waals surface area (Å²) in [7, 11) is 0. The summed E-state index contributed by atoms with van der Waals surface area (Å²) in [4.78, 5) is 12.6. The molecule has 0 amide bonds. The van der Waals surface area contributed by atoms with Gasteiger partial charge < -0.3 is 14.2 Å². The van der Waals surface area contributed by atoms with Gasteiger partial charge >= 0.3 is 12.1 Å².